The van der Waals surface area contributed by atoms with Crippen molar-refractivity contribution in [2.45, 2.75) is 31.9 Å². The second kappa shape index (κ2) is 4.70. The van der Waals surface area contributed by atoms with E-state index in [-0.39, 0.29) is 11.3 Å². The number of amides is 1. The average Bonchev–Trinajstić information content (AvgIpc) is 2.89. The number of carbonyl (C=O) groups is 1. The van der Waals surface area contributed by atoms with Crippen molar-refractivity contribution in [2.75, 3.05) is 39.5 Å². The normalized spacial score (nSPS) is 36.1. The molecule has 1 amide bonds. The fraction of sp³-hybridized carbons (Fsp3) is 0.929. The summed E-state index contributed by atoms with van der Waals surface area (Å²) in [6.07, 6.45) is 1.61. The van der Waals surface area contributed by atoms with Crippen molar-refractivity contribution in [3.8, 4) is 0 Å². The van der Waals surface area contributed by atoms with Gasteiger partial charge < -0.3 is 14.4 Å². The Kier molecular flexibility index (Phi) is 3.29. The van der Waals surface area contributed by atoms with E-state index < -0.39 is 5.67 Å². The highest BCUT2D eigenvalue weighted by atomic mass is 19.1. The van der Waals surface area contributed by atoms with E-state index in [1.165, 1.54) is 0 Å². The molecule has 0 aromatic rings. The standard InChI is InChI=1S/C14H22FNO3/c1-2-18-9-13-8-16(6-11(13)7-19-10-13)12(17)14(15)4-3-5-14/h11H,2-10H2,1H3/t11-,13-/m1/s1. The first kappa shape index (κ1) is 13.3. The third kappa shape index (κ3) is 2.07. The number of carbonyl (C=O) groups excluding carboxylic acids is 1. The van der Waals surface area contributed by atoms with Crippen LogP contribution in [0.15, 0.2) is 0 Å². The van der Waals surface area contributed by atoms with Crippen molar-refractivity contribution in [2.24, 2.45) is 11.3 Å². The van der Waals surface area contributed by atoms with Crippen molar-refractivity contribution in [1.82, 2.24) is 4.90 Å². The van der Waals surface area contributed by atoms with Gasteiger partial charge in [-0.25, -0.2) is 4.39 Å². The third-order valence-electron chi connectivity index (χ3n) is 4.93. The molecule has 2 aliphatic heterocycles. The van der Waals surface area contributed by atoms with Crippen LogP contribution in [0.2, 0.25) is 0 Å². The summed E-state index contributed by atoms with van der Waals surface area (Å²) in [5, 5.41) is 0. The lowest BCUT2D eigenvalue weighted by molar-refractivity contribution is -0.149. The molecule has 1 saturated carbocycles. The predicted molar refractivity (Wildman–Crippen MR) is 67.5 cm³/mol. The second-order valence-corrected chi connectivity index (χ2v) is 6.22. The zero-order valence-electron chi connectivity index (χ0n) is 11.5. The Morgan fingerprint density at radius 3 is 2.95 bits per heavy atom. The highest BCUT2D eigenvalue weighted by Crippen LogP contribution is 2.45. The number of rotatable bonds is 4. The lowest BCUT2D eigenvalue weighted by Gasteiger charge is -2.36. The molecule has 0 N–H and O–H groups in total. The van der Waals surface area contributed by atoms with E-state index >= 15 is 0 Å². The Morgan fingerprint density at radius 1 is 1.53 bits per heavy atom. The van der Waals surface area contributed by atoms with Gasteiger partial charge in [0.05, 0.1) is 19.8 Å². The summed E-state index contributed by atoms with van der Waals surface area (Å²) in [5.41, 5.74) is -1.68. The minimum atomic E-state index is -1.58. The molecule has 2 atom stereocenters. The zero-order valence-corrected chi connectivity index (χ0v) is 11.5. The average molecular weight is 271 g/mol. The van der Waals surface area contributed by atoms with Crippen LogP contribution in [0, 0.1) is 11.3 Å². The van der Waals surface area contributed by atoms with Crippen molar-refractivity contribution >= 4 is 5.91 Å². The van der Waals surface area contributed by atoms with E-state index in [4.69, 9.17) is 9.47 Å². The van der Waals surface area contributed by atoms with Gasteiger partial charge in [0.25, 0.3) is 5.91 Å². The monoisotopic (exact) mass is 271 g/mol. The molecule has 108 valence electrons. The molecular formula is C14H22FNO3. The molecule has 0 bridgehead atoms. The number of hydrogen-bond acceptors (Lipinski definition) is 3. The molecule has 0 unspecified atom stereocenters. The Morgan fingerprint density at radius 2 is 2.32 bits per heavy atom. The molecule has 4 nitrogen and oxygen atoms in total. The van der Waals surface area contributed by atoms with Crippen molar-refractivity contribution in [3.05, 3.63) is 0 Å². The first-order valence-corrected chi connectivity index (χ1v) is 7.23. The SMILES string of the molecule is CCOC[C@]12COC[C@H]1CN(C(=O)C1(F)CCC1)C2. The lowest BCUT2D eigenvalue weighted by atomic mass is 9.80. The number of fused-ring (bicyclic) bond motifs is 1. The Labute approximate surface area is 113 Å². The molecule has 19 heavy (non-hydrogen) atoms. The summed E-state index contributed by atoms with van der Waals surface area (Å²) >= 11 is 0. The Bertz CT molecular complexity index is 372. The maximum atomic E-state index is 14.3. The molecule has 2 heterocycles. The summed E-state index contributed by atoms with van der Waals surface area (Å²) in [6.45, 7) is 5.73. The van der Waals surface area contributed by atoms with Crippen LogP contribution in [0.1, 0.15) is 26.2 Å². The molecule has 0 spiro atoms. The van der Waals surface area contributed by atoms with Crippen LogP contribution < -0.4 is 0 Å². The third-order valence-corrected chi connectivity index (χ3v) is 4.93. The molecule has 2 saturated heterocycles. The summed E-state index contributed by atoms with van der Waals surface area (Å²) < 4.78 is 25.4. The maximum Gasteiger partial charge on any atom is 0.260 e. The van der Waals surface area contributed by atoms with Gasteiger partial charge in [-0.3, -0.25) is 4.79 Å². The van der Waals surface area contributed by atoms with Crippen LogP contribution >= 0.6 is 0 Å². The number of halogens is 1. The first-order chi connectivity index (χ1) is 9.10. The van der Waals surface area contributed by atoms with Crippen molar-refractivity contribution in [1.29, 1.82) is 0 Å². The molecule has 3 fully saturated rings. The van der Waals surface area contributed by atoms with Gasteiger partial charge >= 0.3 is 0 Å². The second-order valence-electron chi connectivity index (χ2n) is 6.22. The van der Waals surface area contributed by atoms with E-state index in [1.54, 1.807) is 4.90 Å². The van der Waals surface area contributed by atoms with Gasteiger partial charge in [0, 0.05) is 31.0 Å². The van der Waals surface area contributed by atoms with Crippen LogP contribution in [-0.4, -0.2) is 56.0 Å². The summed E-state index contributed by atoms with van der Waals surface area (Å²) in [4.78, 5) is 14.0. The van der Waals surface area contributed by atoms with Crippen LogP contribution in [0.3, 0.4) is 0 Å². The highest BCUT2D eigenvalue weighted by Gasteiger charge is 2.56. The van der Waals surface area contributed by atoms with Gasteiger partial charge in [0.15, 0.2) is 5.67 Å². The highest BCUT2D eigenvalue weighted by molar-refractivity contribution is 5.86. The maximum absolute atomic E-state index is 14.3. The summed E-state index contributed by atoms with van der Waals surface area (Å²) in [5.74, 6) is -0.00398. The summed E-state index contributed by atoms with van der Waals surface area (Å²) in [7, 11) is 0. The largest absolute Gasteiger partial charge is 0.381 e. The van der Waals surface area contributed by atoms with Gasteiger partial charge in [-0.1, -0.05) is 0 Å². The lowest BCUT2D eigenvalue weighted by Crippen LogP contribution is -2.50. The molecule has 3 aliphatic rings. The minimum Gasteiger partial charge on any atom is -0.381 e. The van der Waals surface area contributed by atoms with E-state index in [9.17, 15) is 9.18 Å². The molecule has 3 rings (SSSR count). The number of hydrogen-bond donors (Lipinski definition) is 0. The number of alkyl halides is 1. The summed E-state index contributed by atoms with van der Waals surface area (Å²) in [6, 6.07) is 0. The smallest absolute Gasteiger partial charge is 0.260 e. The van der Waals surface area contributed by atoms with Crippen molar-refractivity contribution < 1.29 is 18.7 Å². The van der Waals surface area contributed by atoms with E-state index in [1.807, 2.05) is 6.92 Å². The van der Waals surface area contributed by atoms with E-state index in [0.717, 1.165) is 6.42 Å². The number of likely N-dealkylation sites (tertiary alicyclic amines) is 1. The van der Waals surface area contributed by atoms with Gasteiger partial charge in [-0.05, 0) is 26.2 Å². The minimum absolute atomic E-state index is 0.105. The van der Waals surface area contributed by atoms with Crippen LogP contribution in [-0.2, 0) is 14.3 Å². The quantitative estimate of drug-likeness (QED) is 0.775. The molecule has 0 aromatic heterocycles. The number of nitrogens with zero attached hydrogens (tertiary/aromatic N) is 1. The van der Waals surface area contributed by atoms with Gasteiger partial charge in [0.1, 0.15) is 0 Å². The molecule has 5 heteroatoms. The van der Waals surface area contributed by atoms with Gasteiger partial charge in [0.2, 0.25) is 0 Å². The van der Waals surface area contributed by atoms with Crippen LogP contribution in [0.25, 0.3) is 0 Å². The van der Waals surface area contributed by atoms with E-state index in [2.05, 4.69) is 0 Å². The van der Waals surface area contributed by atoms with Crippen LogP contribution in [0.5, 0.6) is 0 Å². The Balaban J connectivity index is 1.69. The topological polar surface area (TPSA) is 38.8 Å². The molecule has 1 aliphatic carbocycles. The fourth-order valence-electron chi connectivity index (χ4n) is 3.48. The fourth-order valence-corrected chi connectivity index (χ4v) is 3.48. The van der Waals surface area contributed by atoms with E-state index in [0.29, 0.717) is 58.3 Å². The van der Waals surface area contributed by atoms with Crippen molar-refractivity contribution in [3.63, 3.8) is 0 Å². The van der Waals surface area contributed by atoms with Gasteiger partial charge in [-0.15, -0.1) is 0 Å². The molecule has 0 radical (unpaired) electrons. The van der Waals surface area contributed by atoms with Crippen LogP contribution in [0.4, 0.5) is 4.39 Å². The zero-order chi connectivity index (χ0) is 13.5. The first-order valence-electron chi connectivity index (χ1n) is 7.23. The molecule has 0 aromatic carbocycles. The number of ether oxygens (including phenoxy) is 2. The molecular weight excluding hydrogens is 249 g/mol. The Hall–Kier alpha value is -0.680. The predicted octanol–water partition coefficient (Wildman–Crippen LogP) is 1.39. The van der Waals surface area contributed by atoms with Gasteiger partial charge in [-0.2, -0.15) is 0 Å².